The average Bonchev–Trinajstić information content (AvgIpc) is 2.86. The van der Waals surface area contributed by atoms with Crippen LogP contribution in [0.3, 0.4) is 0 Å². The Morgan fingerprint density at radius 1 is 1.53 bits per heavy atom. The molecule has 0 aromatic carbocycles. The van der Waals surface area contributed by atoms with E-state index in [1.54, 1.807) is 11.3 Å². The molecule has 3 nitrogen and oxygen atoms in total. The molecule has 0 spiro atoms. The first kappa shape index (κ1) is 13.5. The highest BCUT2D eigenvalue weighted by molar-refractivity contribution is 7.09. The molecule has 4 heteroatoms. The summed E-state index contributed by atoms with van der Waals surface area (Å²) in [5.74, 6) is -0.470. The minimum atomic E-state index is -0.952. The lowest BCUT2D eigenvalue weighted by molar-refractivity contribution is -0.131. The third kappa shape index (κ3) is 4.67. The van der Waals surface area contributed by atoms with Crippen LogP contribution in [0.15, 0.2) is 47.9 Å². The summed E-state index contributed by atoms with van der Waals surface area (Å²) in [6.07, 6.45) is 17.2. The molecule has 1 atom stereocenters. The summed E-state index contributed by atoms with van der Waals surface area (Å²) in [4.78, 5) is 14.7. The minimum Gasteiger partial charge on any atom is -0.478 e. The number of carboxylic acids is 1. The number of aliphatic carboxylic acids is 1. The summed E-state index contributed by atoms with van der Waals surface area (Å²) in [5, 5.41) is 11.4. The maximum absolute atomic E-state index is 10.4. The van der Waals surface area contributed by atoms with Crippen LogP contribution < -0.4 is 0 Å². The molecular formula is C15H15NO2S. The van der Waals surface area contributed by atoms with Gasteiger partial charge < -0.3 is 5.11 Å². The molecule has 1 aromatic heterocycles. The summed E-state index contributed by atoms with van der Waals surface area (Å²) >= 11 is 1.55. The molecule has 98 valence electrons. The minimum absolute atomic E-state index is 0.483. The number of rotatable bonds is 5. The molecule has 0 saturated carbocycles. The Balaban J connectivity index is 1.86. The Morgan fingerprint density at radius 2 is 2.42 bits per heavy atom. The van der Waals surface area contributed by atoms with Crippen LogP contribution in [0.4, 0.5) is 0 Å². The second-order valence-electron chi connectivity index (χ2n) is 4.18. The highest BCUT2D eigenvalue weighted by Crippen LogP contribution is 2.15. The zero-order valence-electron chi connectivity index (χ0n) is 10.4. The highest BCUT2D eigenvalue weighted by Gasteiger charge is 2.01. The monoisotopic (exact) mass is 273 g/mol. The number of hydrogen-bond acceptors (Lipinski definition) is 3. The summed E-state index contributed by atoms with van der Waals surface area (Å²) in [6.45, 7) is 0. The van der Waals surface area contributed by atoms with Gasteiger partial charge in [-0.2, -0.15) is 0 Å². The zero-order chi connectivity index (χ0) is 13.5. The molecule has 1 unspecified atom stereocenters. The normalized spacial score (nSPS) is 18.6. The second-order valence-corrected chi connectivity index (χ2v) is 5.13. The molecule has 2 rings (SSSR count). The first-order chi connectivity index (χ1) is 9.24. The van der Waals surface area contributed by atoms with Crippen molar-refractivity contribution in [2.45, 2.75) is 12.8 Å². The molecule has 0 amide bonds. The van der Waals surface area contributed by atoms with E-state index in [-0.39, 0.29) is 0 Å². The Hall–Kier alpha value is -1.94. The van der Waals surface area contributed by atoms with Crippen LogP contribution in [0.2, 0.25) is 0 Å². The standard InChI is InChI=1S/C15H15NO2S/c17-15(18)10-9-13-11-19-14(16-13)8-4-7-12-5-2-1-3-6-12/h1-5,7,9-12H,6,8H2,(H,17,18). The molecule has 0 aliphatic heterocycles. The lowest BCUT2D eigenvalue weighted by Crippen LogP contribution is -1.92. The van der Waals surface area contributed by atoms with Crippen molar-refractivity contribution < 1.29 is 9.90 Å². The van der Waals surface area contributed by atoms with Crippen molar-refractivity contribution in [3.05, 3.63) is 58.6 Å². The molecule has 0 bridgehead atoms. The van der Waals surface area contributed by atoms with Crippen LogP contribution in [-0.4, -0.2) is 16.1 Å². The van der Waals surface area contributed by atoms with Gasteiger partial charge in [-0.3, -0.25) is 0 Å². The predicted octanol–water partition coefficient (Wildman–Crippen LogP) is 3.47. The maximum atomic E-state index is 10.4. The third-order valence-corrected chi connectivity index (χ3v) is 3.55. The van der Waals surface area contributed by atoms with E-state index in [0.717, 1.165) is 23.9 Å². The van der Waals surface area contributed by atoms with Gasteiger partial charge in [-0.05, 0) is 18.4 Å². The zero-order valence-corrected chi connectivity index (χ0v) is 11.2. The van der Waals surface area contributed by atoms with Crippen molar-refractivity contribution in [1.82, 2.24) is 4.98 Å². The van der Waals surface area contributed by atoms with E-state index in [9.17, 15) is 4.79 Å². The van der Waals surface area contributed by atoms with Crippen LogP contribution >= 0.6 is 11.3 Å². The van der Waals surface area contributed by atoms with Crippen LogP contribution in [0.5, 0.6) is 0 Å². The fourth-order valence-electron chi connectivity index (χ4n) is 1.74. The van der Waals surface area contributed by atoms with E-state index >= 15 is 0 Å². The summed E-state index contributed by atoms with van der Waals surface area (Å²) in [7, 11) is 0. The topological polar surface area (TPSA) is 50.2 Å². The van der Waals surface area contributed by atoms with Crippen molar-refractivity contribution in [1.29, 1.82) is 0 Å². The first-order valence-corrected chi connectivity index (χ1v) is 6.97. The second kappa shape index (κ2) is 6.85. The van der Waals surface area contributed by atoms with Gasteiger partial charge in [-0.1, -0.05) is 36.5 Å². The molecule has 1 aromatic rings. The number of hydrogen-bond donors (Lipinski definition) is 1. The quantitative estimate of drug-likeness (QED) is 0.660. The molecule has 19 heavy (non-hydrogen) atoms. The predicted molar refractivity (Wildman–Crippen MR) is 78.0 cm³/mol. The van der Waals surface area contributed by atoms with E-state index in [2.05, 4.69) is 41.4 Å². The van der Waals surface area contributed by atoms with Gasteiger partial charge in [0.1, 0.15) is 0 Å². The van der Waals surface area contributed by atoms with Gasteiger partial charge >= 0.3 is 5.97 Å². The van der Waals surface area contributed by atoms with Gasteiger partial charge in [-0.15, -0.1) is 11.3 Å². The van der Waals surface area contributed by atoms with Gasteiger partial charge in [0.25, 0.3) is 0 Å². The molecule has 0 fully saturated rings. The fraction of sp³-hybridized carbons (Fsp3) is 0.200. The van der Waals surface area contributed by atoms with E-state index in [4.69, 9.17) is 5.11 Å². The molecule has 1 aliphatic carbocycles. The summed E-state index contributed by atoms with van der Waals surface area (Å²) in [5.41, 5.74) is 0.705. The Morgan fingerprint density at radius 3 is 3.16 bits per heavy atom. The number of carbonyl (C=O) groups is 1. The Bertz CT molecular complexity index is 552. The number of aromatic nitrogens is 1. The lowest BCUT2D eigenvalue weighted by atomic mass is 10.0. The van der Waals surface area contributed by atoms with Crippen LogP contribution in [-0.2, 0) is 11.2 Å². The van der Waals surface area contributed by atoms with Gasteiger partial charge in [0, 0.05) is 17.9 Å². The van der Waals surface area contributed by atoms with Gasteiger partial charge in [0.2, 0.25) is 0 Å². The van der Waals surface area contributed by atoms with E-state index in [1.165, 1.54) is 6.08 Å². The van der Waals surface area contributed by atoms with Crippen molar-refractivity contribution in [3.8, 4) is 0 Å². The highest BCUT2D eigenvalue weighted by atomic mass is 32.1. The van der Waals surface area contributed by atoms with Crippen molar-refractivity contribution in [2.24, 2.45) is 5.92 Å². The smallest absolute Gasteiger partial charge is 0.328 e. The number of allylic oxidation sites excluding steroid dienone is 6. The third-order valence-electron chi connectivity index (χ3n) is 2.66. The SMILES string of the molecule is O=C(O)C=Cc1csc(CC=CC2C=CC=CC2)n1. The van der Waals surface area contributed by atoms with Crippen LogP contribution in [0.1, 0.15) is 17.1 Å². The van der Waals surface area contributed by atoms with E-state index < -0.39 is 5.97 Å². The molecule has 1 N–H and O–H groups in total. The fourth-order valence-corrected chi connectivity index (χ4v) is 2.48. The van der Waals surface area contributed by atoms with Gasteiger partial charge in [-0.25, -0.2) is 9.78 Å². The van der Waals surface area contributed by atoms with Gasteiger partial charge in [0.15, 0.2) is 0 Å². The summed E-state index contributed by atoms with van der Waals surface area (Å²) in [6, 6.07) is 0. The van der Waals surface area contributed by atoms with Crippen LogP contribution in [0, 0.1) is 5.92 Å². The number of carboxylic acid groups (broad SMARTS) is 1. The molecule has 1 aliphatic rings. The maximum Gasteiger partial charge on any atom is 0.328 e. The number of thiazole rings is 1. The number of nitrogens with zero attached hydrogens (tertiary/aromatic N) is 1. The Kier molecular flexibility index (Phi) is 4.86. The molecule has 1 heterocycles. The van der Waals surface area contributed by atoms with Gasteiger partial charge in [0.05, 0.1) is 10.7 Å². The van der Waals surface area contributed by atoms with E-state index in [0.29, 0.717) is 11.6 Å². The van der Waals surface area contributed by atoms with Crippen LogP contribution in [0.25, 0.3) is 6.08 Å². The summed E-state index contributed by atoms with van der Waals surface area (Å²) < 4.78 is 0. The largest absolute Gasteiger partial charge is 0.478 e. The average molecular weight is 273 g/mol. The van der Waals surface area contributed by atoms with E-state index in [1.807, 2.05) is 5.38 Å². The molecular weight excluding hydrogens is 258 g/mol. The molecule has 0 saturated heterocycles. The first-order valence-electron chi connectivity index (χ1n) is 6.09. The molecule has 0 radical (unpaired) electrons. The van der Waals surface area contributed by atoms with Crippen molar-refractivity contribution >= 4 is 23.4 Å². The van der Waals surface area contributed by atoms with Crippen molar-refractivity contribution in [2.75, 3.05) is 0 Å². The lowest BCUT2D eigenvalue weighted by Gasteiger charge is -2.06. The van der Waals surface area contributed by atoms with Crippen molar-refractivity contribution in [3.63, 3.8) is 0 Å². The Labute approximate surface area is 116 Å².